The number of nitrogens with zero attached hydrogens (tertiary/aromatic N) is 2. The van der Waals surface area contributed by atoms with Gasteiger partial charge in [0, 0.05) is 38.6 Å². The number of rotatable bonds is 7. The fraction of sp³-hybridized carbons (Fsp3) is 0.320. The fourth-order valence-electron chi connectivity index (χ4n) is 4.53. The van der Waals surface area contributed by atoms with E-state index in [0.717, 1.165) is 0 Å². The molecule has 2 aromatic carbocycles. The molecular formula is C25H26ClFN4O5. The summed E-state index contributed by atoms with van der Waals surface area (Å²) in [4.78, 5) is 39.8. The van der Waals surface area contributed by atoms with E-state index < -0.39 is 29.7 Å². The average molecular weight is 517 g/mol. The average Bonchev–Trinajstić information content (AvgIpc) is 3.45. The van der Waals surface area contributed by atoms with Gasteiger partial charge in [-0.3, -0.25) is 9.36 Å². The standard InChI is InChI=1S/C25H26ClFN4O5/c1-35-25(36-2)12-20(21(32)11-10-15-6-5-8-17(26)22(15)27)31(14-25)24(34)29-18-13-30(23(28)33)19-9-4-3-7-16(18)19/h3-9,13,20H,10-12,14H2,1-2H3,(H2,28,33)(H,29,34)/t20-/m0/s1. The predicted molar refractivity (Wildman–Crippen MR) is 133 cm³/mol. The molecular weight excluding hydrogens is 491 g/mol. The zero-order valence-electron chi connectivity index (χ0n) is 19.8. The van der Waals surface area contributed by atoms with Gasteiger partial charge in [-0.25, -0.2) is 14.0 Å². The molecule has 11 heteroatoms. The Hall–Kier alpha value is -3.47. The van der Waals surface area contributed by atoms with Crippen LogP contribution in [0.2, 0.25) is 5.02 Å². The number of Topliss-reactive ketones (excluding diaryl/α,β-unsaturated/α-hetero) is 1. The Bertz CT molecular complexity index is 1320. The lowest BCUT2D eigenvalue weighted by molar-refractivity contribution is -0.195. The molecule has 3 amide bonds. The van der Waals surface area contributed by atoms with E-state index in [-0.39, 0.29) is 36.6 Å². The van der Waals surface area contributed by atoms with Crippen LogP contribution in [0.25, 0.3) is 10.9 Å². The SMILES string of the molecule is COC1(OC)C[C@@H](C(=O)CCc2cccc(Cl)c2F)N(C(=O)Nc2cn(C(N)=O)c3ccccc23)C1. The van der Waals surface area contributed by atoms with Gasteiger partial charge in [0.1, 0.15) is 5.82 Å². The number of para-hydroxylation sites is 1. The summed E-state index contributed by atoms with van der Waals surface area (Å²) < 4.78 is 26.6. The highest BCUT2D eigenvalue weighted by Crippen LogP contribution is 2.34. The third-order valence-electron chi connectivity index (χ3n) is 6.53. The van der Waals surface area contributed by atoms with Gasteiger partial charge in [-0.2, -0.15) is 0 Å². The molecule has 190 valence electrons. The Morgan fingerprint density at radius 2 is 1.89 bits per heavy atom. The second kappa shape index (κ2) is 10.3. The summed E-state index contributed by atoms with van der Waals surface area (Å²) in [6.45, 7) is -0.0117. The summed E-state index contributed by atoms with van der Waals surface area (Å²) in [6, 6.07) is 9.42. The van der Waals surface area contributed by atoms with Crippen molar-refractivity contribution in [2.75, 3.05) is 26.1 Å². The van der Waals surface area contributed by atoms with Crippen LogP contribution >= 0.6 is 11.6 Å². The second-order valence-electron chi connectivity index (χ2n) is 8.54. The van der Waals surface area contributed by atoms with Crippen molar-refractivity contribution in [2.45, 2.75) is 31.1 Å². The van der Waals surface area contributed by atoms with Crippen molar-refractivity contribution in [1.82, 2.24) is 9.47 Å². The van der Waals surface area contributed by atoms with Crippen LogP contribution in [0, 0.1) is 5.82 Å². The van der Waals surface area contributed by atoms with Crippen LogP contribution in [0.5, 0.6) is 0 Å². The van der Waals surface area contributed by atoms with Crippen LogP contribution in [0.3, 0.4) is 0 Å². The molecule has 3 aromatic rings. The number of ether oxygens (including phenoxy) is 2. The Labute approximate surface area is 211 Å². The molecule has 0 aliphatic carbocycles. The zero-order chi connectivity index (χ0) is 26.0. The monoisotopic (exact) mass is 516 g/mol. The molecule has 0 saturated carbocycles. The lowest BCUT2D eigenvalue weighted by atomic mass is 10.0. The van der Waals surface area contributed by atoms with E-state index in [1.165, 1.54) is 35.9 Å². The Balaban J connectivity index is 1.58. The number of fused-ring (bicyclic) bond motifs is 1. The first-order valence-corrected chi connectivity index (χ1v) is 11.6. The number of hydrogen-bond acceptors (Lipinski definition) is 5. The van der Waals surface area contributed by atoms with Gasteiger partial charge in [-0.15, -0.1) is 0 Å². The van der Waals surface area contributed by atoms with Gasteiger partial charge in [0.25, 0.3) is 0 Å². The van der Waals surface area contributed by atoms with Crippen molar-refractivity contribution in [3.63, 3.8) is 0 Å². The van der Waals surface area contributed by atoms with E-state index in [1.54, 1.807) is 36.4 Å². The summed E-state index contributed by atoms with van der Waals surface area (Å²) in [5.74, 6) is -2.03. The number of hydrogen-bond donors (Lipinski definition) is 2. The highest BCUT2D eigenvalue weighted by atomic mass is 35.5. The van der Waals surface area contributed by atoms with Gasteiger partial charge in [-0.1, -0.05) is 41.9 Å². The van der Waals surface area contributed by atoms with Crippen molar-refractivity contribution in [1.29, 1.82) is 0 Å². The molecule has 1 aliphatic rings. The molecule has 1 aliphatic heterocycles. The van der Waals surface area contributed by atoms with Gasteiger partial charge in [0.15, 0.2) is 11.6 Å². The number of aryl methyl sites for hydroxylation is 1. The summed E-state index contributed by atoms with van der Waals surface area (Å²) >= 11 is 5.85. The normalized spacial score (nSPS) is 16.9. The maximum Gasteiger partial charge on any atom is 0.323 e. The first-order valence-electron chi connectivity index (χ1n) is 11.2. The summed E-state index contributed by atoms with van der Waals surface area (Å²) in [5.41, 5.74) is 6.67. The summed E-state index contributed by atoms with van der Waals surface area (Å²) in [5, 5.41) is 3.37. The molecule has 1 atom stereocenters. The van der Waals surface area contributed by atoms with E-state index in [4.69, 9.17) is 26.8 Å². The maximum atomic E-state index is 14.3. The van der Waals surface area contributed by atoms with E-state index >= 15 is 0 Å². The highest BCUT2D eigenvalue weighted by molar-refractivity contribution is 6.30. The van der Waals surface area contributed by atoms with Crippen LogP contribution in [-0.4, -0.2) is 59.9 Å². The van der Waals surface area contributed by atoms with Crippen molar-refractivity contribution >= 4 is 46.0 Å². The van der Waals surface area contributed by atoms with Gasteiger partial charge in [-0.05, 0) is 24.1 Å². The number of methoxy groups -OCH3 is 2. The molecule has 0 unspecified atom stereocenters. The van der Waals surface area contributed by atoms with Crippen LogP contribution in [0.4, 0.5) is 19.7 Å². The number of anilines is 1. The maximum absolute atomic E-state index is 14.3. The van der Waals surface area contributed by atoms with Gasteiger partial charge >= 0.3 is 12.1 Å². The van der Waals surface area contributed by atoms with Crippen molar-refractivity contribution in [3.8, 4) is 0 Å². The summed E-state index contributed by atoms with van der Waals surface area (Å²) in [7, 11) is 2.88. The quantitative estimate of drug-likeness (QED) is 0.457. The van der Waals surface area contributed by atoms with E-state index in [0.29, 0.717) is 22.2 Å². The molecule has 0 radical (unpaired) electrons. The molecule has 9 nitrogen and oxygen atoms in total. The Kier molecular flexibility index (Phi) is 7.30. The molecule has 1 saturated heterocycles. The van der Waals surface area contributed by atoms with E-state index in [9.17, 15) is 18.8 Å². The molecule has 0 bridgehead atoms. The topological polar surface area (TPSA) is 116 Å². The number of likely N-dealkylation sites (tertiary alicyclic amines) is 1. The summed E-state index contributed by atoms with van der Waals surface area (Å²) in [6.07, 6.45) is 1.64. The van der Waals surface area contributed by atoms with Crippen molar-refractivity contribution < 1.29 is 28.2 Å². The zero-order valence-corrected chi connectivity index (χ0v) is 20.5. The van der Waals surface area contributed by atoms with Crippen LogP contribution in [0.1, 0.15) is 18.4 Å². The van der Waals surface area contributed by atoms with E-state index in [1.807, 2.05) is 0 Å². The number of urea groups is 1. The highest BCUT2D eigenvalue weighted by Gasteiger charge is 2.49. The third kappa shape index (κ3) is 4.79. The Morgan fingerprint density at radius 3 is 2.58 bits per heavy atom. The number of halogens is 2. The van der Waals surface area contributed by atoms with Crippen molar-refractivity contribution in [2.24, 2.45) is 5.73 Å². The van der Waals surface area contributed by atoms with Crippen LogP contribution in [0.15, 0.2) is 48.7 Å². The number of carbonyl (C=O) groups excluding carboxylic acids is 3. The smallest absolute Gasteiger partial charge is 0.323 e. The first kappa shape index (κ1) is 25.6. The van der Waals surface area contributed by atoms with Crippen LogP contribution in [-0.2, 0) is 20.7 Å². The Morgan fingerprint density at radius 1 is 1.17 bits per heavy atom. The number of ketones is 1. The molecule has 36 heavy (non-hydrogen) atoms. The molecule has 3 N–H and O–H groups in total. The number of primary amides is 1. The fourth-order valence-corrected chi connectivity index (χ4v) is 4.73. The van der Waals surface area contributed by atoms with E-state index in [2.05, 4.69) is 5.32 Å². The minimum Gasteiger partial charge on any atom is -0.351 e. The minimum absolute atomic E-state index is 0.0117. The molecule has 1 fully saturated rings. The lowest BCUT2D eigenvalue weighted by Gasteiger charge is -2.26. The predicted octanol–water partition coefficient (Wildman–Crippen LogP) is 4.16. The van der Waals surface area contributed by atoms with Crippen LogP contribution < -0.4 is 11.1 Å². The minimum atomic E-state index is -1.18. The number of nitrogens with one attached hydrogen (secondary N) is 1. The number of benzene rings is 2. The third-order valence-corrected chi connectivity index (χ3v) is 6.82. The van der Waals surface area contributed by atoms with Crippen molar-refractivity contribution in [3.05, 3.63) is 65.1 Å². The number of carbonyl (C=O) groups is 3. The van der Waals surface area contributed by atoms with Gasteiger partial charge in [0.05, 0.1) is 28.8 Å². The molecule has 0 spiro atoms. The molecule has 2 heterocycles. The number of amides is 3. The molecule has 1 aromatic heterocycles. The molecule has 4 rings (SSSR count). The lowest BCUT2D eigenvalue weighted by Crippen LogP contribution is -2.44. The number of aromatic nitrogens is 1. The second-order valence-corrected chi connectivity index (χ2v) is 8.95. The number of nitrogens with two attached hydrogens (primary N) is 1. The van der Waals surface area contributed by atoms with Gasteiger partial charge < -0.3 is 25.4 Å². The largest absolute Gasteiger partial charge is 0.351 e. The van der Waals surface area contributed by atoms with Gasteiger partial charge in [0.2, 0.25) is 0 Å². The first-order chi connectivity index (χ1) is 17.2.